The van der Waals surface area contributed by atoms with Crippen molar-refractivity contribution >= 4 is 23.4 Å². The summed E-state index contributed by atoms with van der Waals surface area (Å²) in [4.78, 5) is 28.9. The molecule has 3 aliphatic rings. The van der Waals surface area contributed by atoms with Gasteiger partial charge in [0, 0.05) is 19.6 Å². The zero-order chi connectivity index (χ0) is 20.4. The second-order valence-corrected chi connectivity index (χ2v) is 9.03. The maximum Gasteiger partial charge on any atom is 0.249 e. The van der Waals surface area contributed by atoms with Gasteiger partial charge in [-0.3, -0.25) is 4.79 Å². The Labute approximate surface area is 174 Å². The Morgan fingerprint density at radius 2 is 1.86 bits per heavy atom. The fourth-order valence-corrected chi connectivity index (χ4v) is 5.21. The maximum atomic E-state index is 13.0. The van der Waals surface area contributed by atoms with E-state index >= 15 is 0 Å². The van der Waals surface area contributed by atoms with E-state index in [9.17, 15) is 4.79 Å². The van der Waals surface area contributed by atoms with Crippen molar-refractivity contribution in [3.8, 4) is 0 Å². The summed E-state index contributed by atoms with van der Waals surface area (Å²) in [6.45, 7) is 5.41. The van der Waals surface area contributed by atoms with Crippen LogP contribution in [0.3, 0.4) is 0 Å². The Morgan fingerprint density at radius 3 is 2.55 bits per heavy atom. The molecule has 29 heavy (non-hydrogen) atoms. The van der Waals surface area contributed by atoms with Crippen LogP contribution in [0.5, 0.6) is 0 Å². The molecule has 1 amide bonds. The van der Waals surface area contributed by atoms with Gasteiger partial charge in [0.15, 0.2) is 5.82 Å². The molecule has 7 nitrogen and oxygen atoms in total. The summed E-state index contributed by atoms with van der Waals surface area (Å²) in [6, 6.07) is 0.302. The number of carbonyl (C=O) groups is 1. The lowest BCUT2D eigenvalue weighted by Gasteiger charge is -2.43. The molecule has 1 N–H and O–H groups in total. The summed E-state index contributed by atoms with van der Waals surface area (Å²) in [5.74, 6) is 2.58. The van der Waals surface area contributed by atoms with Crippen molar-refractivity contribution in [2.45, 2.75) is 70.4 Å². The standard InChI is InChI=1S/C22H36N6O/c1-4-18-21(29)27(3)19-15-24-22(23-12-9-16-10-13-26(2)14-11-16)25-20(19)28(18)17-7-5-6-8-17/h15-18H,4-14H2,1-3H3,(H,23,24,25)/t18-/m1/s1. The van der Waals surface area contributed by atoms with E-state index in [0.29, 0.717) is 12.0 Å². The maximum absolute atomic E-state index is 13.0. The van der Waals surface area contributed by atoms with Crippen molar-refractivity contribution in [1.29, 1.82) is 0 Å². The number of nitrogens with one attached hydrogen (secondary N) is 1. The lowest BCUT2D eigenvalue weighted by molar-refractivity contribution is -0.120. The Morgan fingerprint density at radius 1 is 1.14 bits per heavy atom. The molecular weight excluding hydrogens is 364 g/mol. The van der Waals surface area contributed by atoms with Gasteiger partial charge in [-0.2, -0.15) is 4.98 Å². The van der Waals surface area contributed by atoms with E-state index in [0.717, 1.165) is 49.7 Å². The Hall–Kier alpha value is -1.89. The first kappa shape index (κ1) is 20.4. The van der Waals surface area contributed by atoms with E-state index in [-0.39, 0.29) is 11.9 Å². The number of carbonyl (C=O) groups excluding carboxylic acids is 1. The topological polar surface area (TPSA) is 64.6 Å². The summed E-state index contributed by atoms with van der Waals surface area (Å²) in [5.41, 5.74) is 0.840. The van der Waals surface area contributed by atoms with Crippen LogP contribution in [0.15, 0.2) is 6.20 Å². The van der Waals surface area contributed by atoms with E-state index in [1.807, 2.05) is 13.2 Å². The number of hydrogen-bond acceptors (Lipinski definition) is 6. The highest BCUT2D eigenvalue weighted by atomic mass is 16.2. The summed E-state index contributed by atoms with van der Waals surface area (Å²) >= 11 is 0. The Bertz CT molecular complexity index is 711. The van der Waals surface area contributed by atoms with Crippen LogP contribution < -0.4 is 15.1 Å². The van der Waals surface area contributed by atoms with Gasteiger partial charge in [0.25, 0.3) is 0 Å². The van der Waals surface area contributed by atoms with Crippen molar-refractivity contribution in [3.63, 3.8) is 0 Å². The van der Waals surface area contributed by atoms with Crippen molar-refractivity contribution in [3.05, 3.63) is 6.20 Å². The van der Waals surface area contributed by atoms with Crippen molar-refractivity contribution in [2.75, 3.05) is 48.8 Å². The number of likely N-dealkylation sites (N-methyl/N-ethyl adjacent to an activating group) is 1. The van der Waals surface area contributed by atoms with E-state index in [4.69, 9.17) is 4.98 Å². The smallest absolute Gasteiger partial charge is 0.249 e. The molecule has 2 aliphatic heterocycles. The molecule has 1 aromatic heterocycles. The summed E-state index contributed by atoms with van der Waals surface area (Å²) in [7, 11) is 4.06. The molecule has 1 saturated heterocycles. The van der Waals surface area contributed by atoms with Crippen LogP contribution in [0.1, 0.15) is 58.3 Å². The number of fused-ring (bicyclic) bond motifs is 1. The first-order chi connectivity index (χ1) is 14.1. The van der Waals surface area contributed by atoms with Crippen LogP contribution in [0.2, 0.25) is 0 Å². The van der Waals surface area contributed by atoms with Gasteiger partial charge >= 0.3 is 0 Å². The first-order valence-electron chi connectivity index (χ1n) is 11.4. The van der Waals surface area contributed by atoms with Crippen molar-refractivity contribution in [1.82, 2.24) is 14.9 Å². The van der Waals surface area contributed by atoms with E-state index in [1.165, 1.54) is 38.8 Å². The second kappa shape index (κ2) is 8.86. The largest absolute Gasteiger partial charge is 0.354 e. The molecule has 1 aliphatic carbocycles. The van der Waals surface area contributed by atoms with Crippen LogP contribution >= 0.6 is 0 Å². The predicted molar refractivity (Wildman–Crippen MR) is 118 cm³/mol. The van der Waals surface area contributed by atoms with Crippen LogP contribution in [-0.2, 0) is 4.79 Å². The summed E-state index contributed by atoms with van der Waals surface area (Å²) in [5, 5.41) is 3.46. The Balaban J connectivity index is 1.49. The number of amides is 1. The Kier molecular flexibility index (Phi) is 6.23. The third kappa shape index (κ3) is 4.20. The zero-order valence-corrected chi connectivity index (χ0v) is 18.2. The van der Waals surface area contributed by atoms with Gasteiger partial charge in [0.05, 0.1) is 6.20 Å². The number of aromatic nitrogens is 2. The van der Waals surface area contributed by atoms with Crippen LogP contribution in [0.4, 0.5) is 17.5 Å². The summed E-state index contributed by atoms with van der Waals surface area (Å²) in [6.07, 6.45) is 11.1. The molecule has 1 saturated carbocycles. The predicted octanol–water partition coefficient (Wildman–Crippen LogP) is 3.12. The molecule has 1 atom stereocenters. The average molecular weight is 401 g/mol. The number of piperidine rings is 1. The van der Waals surface area contributed by atoms with E-state index in [2.05, 4.69) is 34.1 Å². The van der Waals surface area contributed by atoms with Crippen molar-refractivity contribution < 1.29 is 4.79 Å². The van der Waals surface area contributed by atoms with Gasteiger partial charge < -0.3 is 20.0 Å². The number of rotatable bonds is 6. The van der Waals surface area contributed by atoms with Crippen LogP contribution in [-0.4, -0.2) is 66.6 Å². The zero-order valence-electron chi connectivity index (χ0n) is 18.2. The molecule has 1 aromatic rings. The van der Waals surface area contributed by atoms with E-state index in [1.54, 1.807) is 4.90 Å². The van der Waals surface area contributed by atoms with Crippen molar-refractivity contribution in [2.24, 2.45) is 5.92 Å². The molecule has 160 valence electrons. The van der Waals surface area contributed by atoms with Gasteiger partial charge in [-0.25, -0.2) is 4.98 Å². The molecule has 0 radical (unpaired) electrons. The molecule has 4 rings (SSSR count). The fourth-order valence-electron chi connectivity index (χ4n) is 5.21. The van der Waals surface area contributed by atoms with Gasteiger partial charge in [-0.1, -0.05) is 19.8 Å². The molecule has 0 aromatic carbocycles. The molecule has 0 spiro atoms. The molecule has 3 heterocycles. The van der Waals surface area contributed by atoms with Gasteiger partial charge in [-0.05, 0) is 64.6 Å². The van der Waals surface area contributed by atoms with Gasteiger partial charge in [-0.15, -0.1) is 0 Å². The number of anilines is 3. The van der Waals surface area contributed by atoms with Crippen LogP contribution in [0.25, 0.3) is 0 Å². The lowest BCUT2D eigenvalue weighted by atomic mass is 9.94. The normalized spacial score (nSPS) is 24.2. The van der Waals surface area contributed by atoms with Gasteiger partial charge in [0.2, 0.25) is 11.9 Å². The minimum atomic E-state index is -0.113. The SMILES string of the molecule is CC[C@@H]1C(=O)N(C)c2cnc(NCCC3CCN(C)CC3)nc2N1C1CCCC1. The third-order valence-corrected chi connectivity index (χ3v) is 7.09. The summed E-state index contributed by atoms with van der Waals surface area (Å²) < 4.78 is 0. The number of likely N-dealkylation sites (tertiary alicyclic amines) is 1. The highest BCUT2D eigenvalue weighted by Gasteiger charge is 2.41. The van der Waals surface area contributed by atoms with Crippen LogP contribution in [0, 0.1) is 5.92 Å². The quantitative estimate of drug-likeness (QED) is 0.792. The molecule has 0 unspecified atom stereocenters. The highest BCUT2D eigenvalue weighted by Crippen LogP contribution is 2.39. The molecule has 7 heteroatoms. The second-order valence-electron chi connectivity index (χ2n) is 9.03. The molecular formula is C22H36N6O. The monoisotopic (exact) mass is 400 g/mol. The van der Waals surface area contributed by atoms with Gasteiger partial charge in [0.1, 0.15) is 11.7 Å². The minimum absolute atomic E-state index is 0.113. The number of nitrogens with zero attached hydrogens (tertiary/aromatic N) is 5. The fraction of sp³-hybridized carbons (Fsp3) is 0.773. The van der Waals surface area contributed by atoms with E-state index < -0.39 is 0 Å². The molecule has 2 fully saturated rings. The first-order valence-corrected chi connectivity index (χ1v) is 11.4. The molecule has 0 bridgehead atoms. The minimum Gasteiger partial charge on any atom is -0.354 e. The highest BCUT2D eigenvalue weighted by molar-refractivity contribution is 6.04. The number of hydrogen-bond donors (Lipinski definition) is 1. The third-order valence-electron chi connectivity index (χ3n) is 7.09. The lowest BCUT2D eigenvalue weighted by Crippen LogP contribution is -2.55. The average Bonchev–Trinajstić information content (AvgIpc) is 3.26.